The summed E-state index contributed by atoms with van der Waals surface area (Å²) in [6.45, 7) is 3.94. The van der Waals surface area contributed by atoms with Gasteiger partial charge in [-0.25, -0.2) is 4.39 Å². The summed E-state index contributed by atoms with van der Waals surface area (Å²) in [6, 6.07) is 16.3. The molecule has 1 aliphatic rings. The number of benzene rings is 2. The first-order chi connectivity index (χ1) is 15.0. The van der Waals surface area contributed by atoms with Crippen molar-refractivity contribution in [2.45, 2.75) is 19.5 Å². The van der Waals surface area contributed by atoms with Crippen LogP contribution in [0.25, 0.3) is 11.4 Å². The Morgan fingerprint density at radius 1 is 1.16 bits per heavy atom. The molecule has 0 unspecified atom stereocenters. The van der Waals surface area contributed by atoms with E-state index < -0.39 is 0 Å². The Balaban J connectivity index is 1.35. The van der Waals surface area contributed by atoms with Crippen molar-refractivity contribution in [3.8, 4) is 17.5 Å². The number of aromatic nitrogens is 4. The van der Waals surface area contributed by atoms with Gasteiger partial charge >= 0.3 is 0 Å². The van der Waals surface area contributed by atoms with Gasteiger partial charge in [-0.05, 0) is 41.5 Å². The summed E-state index contributed by atoms with van der Waals surface area (Å²) < 4.78 is 13.5. The number of carbonyl (C=O) groups is 1. The van der Waals surface area contributed by atoms with Crippen LogP contribution in [0.4, 0.5) is 4.39 Å². The van der Waals surface area contributed by atoms with Crippen LogP contribution in [0.1, 0.15) is 17.2 Å². The van der Waals surface area contributed by atoms with E-state index in [1.165, 1.54) is 10.9 Å². The average Bonchev–Trinajstić information content (AvgIpc) is 3.26. The number of hydrogen-bond acceptors (Lipinski definition) is 6. The highest BCUT2D eigenvalue weighted by Gasteiger charge is 2.27. The molecule has 1 fully saturated rings. The molecule has 0 bridgehead atoms. The van der Waals surface area contributed by atoms with Crippen molar-refractivity contribution in [1.29, 1.82) is 5.26 Å². The summed E-state index contributed by atoms with van der Waals surface area (Å²) in [6.07, 6.45) is 0. The molecule has 1 aliphatic heterocycles. The fraction of sp³-hybridized carbons (Fsp3) is 0.318. The number of tetrazole rings is 1. The fourth-order valence-electron chi connectivity index (χ4n) is 3.66. The molecule has 0 spiro atoms. The minimum atomic E-state index is -0.322. The standard InChI is InChI=1S/C22H22FN7O/c1-16-13-18(7-8-19(16)23)22-25-27-30(26-22)15-21(31)29-11-9-28(10-12-29)20(14-24)17-5-3-2-4-6-17/h2-8,13,20H,9-12,15H2,1H3/t20-/m1/s1. The molecule has 31 heavy (non-hydrogen) atoms. The predicted octanol–water partition coefficient (Wildman–Crippen LogP) is 2.20. The van der Waals surface area contributed by atoms with E-state index in [4.69, 9.17) is 0 Å². The molecule has 9 heteroatoms. The number of aryl methyl sites for hydroxylation is 1. The molecule has 1 saturated heterocycles. The van der Waals surface area contributed by atoms with Crippen LogP contribution >= 0.6 is 0 Å². The zero-order chi connectivity index (χ0) is 21.8. The molecule has 2 heterocycles. The maximum atomic E-state index is 13.5. The van der Waals surface area contributed by atoms with Crippen molar-refractivity contribution in [1.82, 2.24) is 30.0 Å². The van der Waals surface area contributed by atoms with E-state index >= 15 is 0 Å². The first-order valence-electron chi connectivity index (χ1n) is 10.1. The molecule has 1 atom stereocenters. The highest BCUT2D eigenvalue weighted by molar-refractivity contribution is 5.76. The van der Waals surface area contributed by atoms with E-state index in [0.29, 0.717) is 43.1 Å². The van der Waals surface area contributed by atoms with E-state index in [0.717, 1.165) is 5.56 Å². The van der Waals surface area contributed by atoms with E-state index in [-0.39, 0.29) is 24.3 Å². The smallest absolute Gasteiger partial charge is 0.246 e. The molecule has 8 nitrogen and oxygen atoms in total. The maximum Gasteiger partial charge on any atom is 0.246 e. The zero-order valence-corrected chi connectivity index (χ0v) is 17.1. The molecule has 0 radical (unpaired) electrons. The SMILES string of the molecule is Cc1cc(-c2nnn(CC(=O)N3CCN([C@H](C#N)c4ccccc4)CC3)n2)ccc1F. The summed E-state index contributed by atoms with van der Waals surface area (Å²) in [7, 11) is 0. The number of halogens is 1. The summed E-state index contributed by atoms with van der Waals surface area (Å²) in [4.78, 5) is 17.8. The number of piperazine rings is 1. The van der Waals surface area contributed by atoms with Gasteiger partial charge in [-0.15, -0.1) is 10.2 Å². The number of nitrogens with zero attached hydrogens (tertiary/aromatic N) is 7. The van der Waals surface area contributed by atoms with Crippen LogP contribution in [-0.4, -0.2) is 62.1 Å². The van der Waals surface area contributed by atoms with Crippen molar-refractivity contribution in [3.63, 3.8) is 0 Å². The van der Waals surface area contributed by atoms with Gasteiger partial charge < -0.3 is 4.90 Å². The van der Waals surface area contributed by atoms with Crippen molar-refractivity contribution >= 4 is 5.91 Å². The second kappa shape index (κ2) is 9.02. The van der Waals surface area contributed by atoms with Gasteiger partial charge in [0.1, 0.15) is 18.4 Å². The first kappa shape index (κ1) is 20.6. The Morgan fingerprint density at radius 2 is 1.90 bits per heavy atom. The Kier molecular flexibility index (Phi) is 6.00. The normalized spacial score (nSPS) is 15.5. The van der Waals surface area contributed by atoms with Gasteiger partial charge in [0.25, 0.3) is 0 Å². The second-order valence-corrected chi connectivity index (χ2v) is 7.47. The van der Waals surface area contributed by atoms with E-state index in [1.807, 2.05) is 30.3 Å². The van der Waals surface area contributed by atoms with Crippen molar-refractivity contribution in [3.05, 3.63) is 65.5 Å². The molecule has 4 rings (SSSR count). The van der Waals surface area contributed by atoms with Crippen LogP contribution in [-0.2, 0) is 11.3 Å². The molecule has 1 aromatic heterocycles. The Labute approximate surface area is 179 Å². The number of hydrogen-bond donors (Lipinski definition) is 0. The van der Waals surface area contributed by atoms with Crippen LogP contribution in [0.3, 0.4) is 0 Å². The van der Waals surface area contributed by atoms with Gasteiger partial charge in [0.15, 0.2) is 0 Å². The fourth-order valence-corrected chi connectivity index (χ4v) is 3.66. The Hall–Kier alpha value is -3.64. The van der Waals surface area contributed by atoms with E-state index in [9.17, 15) is 14.4 Å². The van der Waals surface area contributed by atoms with Crippen LogP contribution < -0.4 is 0 Å². The van der Waals surface area contributed by atoms with Gasteiger partial charge in [-0.1, -0.05) is 30.3 Å². The number of nitriles is 1. The molecule has 0 saturated carbocycles. The van der Waals surface area contributed by atoms with Gasteiger partial charge in [0.05, 0.1) is 6.07 Å². The van der Waals surface area contributed by atoms with Gasteiger partial charge in [0.2, 0.25) is 11.7 Å². The van der Waals surface area contributed by atoms with E-state index in [1.54, 1.807) is 24.0 Å². The monoisotopic (exact) mass is 419 g/mol. The number of rotatable bonds is 5. The maximum absolute atomic E-state index is 13.5. The van der Waals surface area contributed by atoms with Crippen LogP contribution in [0.2, 0.25) is 0 Å². The lowest BCUT2D eigenvalue weighted by molar-refractivity contribution is -0.134. The minimum absolute atomic E-state index is 0.0203. The highest BCUT2D eigenvalue weighted by atomic mass is 19.1. The summed E-state index contributed by atoms with van der Waals surface area (Å²) in [5, 5.41) is 21.8. The van der Waals surface area contributed by atoms with Crippen molar-refractivity contribution in [2.75, 3.05) is 26.2 Å². The third-order valence-electron chi connectivity index (χ3n) is 5.42. The van der Waals surface area contributed by atoms with Gasteiger partial charge in [-0.2, -0.15) is 10.1 Å². The predicted molar refractivity (Wildman–Crippen MR) is 111 cm³/mol. The lowest BCUT2D eigenvalue weighted by Gasteiger charge is -2.36. The third kappa shape index (κ3) is 4.59. The number of amides is 1. The molecule has 3 aromatic rings. The Bertz CT molecular complexity index is 1100. The lowest BCUT2D eigenvalue weighted by Crippen LogP contribution is -2.50. The lowest BCUT2D eigenvalue weighted by atomic mass is 10.1. The molecular formula is C22H22FN7O. The quantitative estimate of drug-likeness (QED) is 0.630. The minimum Gasteiger partial charge on any atom is -0.338 e. The molecule has 1 amide bonds. The molecule has 0 aliphatic carbocycles. The van der Waals surface area contributed by atoms with Crippen LogP contribution in [0, 0.1) is 24.1 Å². The average molecular weight is 419 g/mol. The van der Waals surface area contributed by atoms with Crippen LogP contribution in [0.5, 0.6) is 0 Å². The molecule has 2 aromatic carbocycles. The van der Waals surface area contributed by atoms with Crippen molar-refractivity contribution in [2.24, 2.45) is 0 Å². The second-order valence-electron chi connectivity index (χ2n) is 7.47. The molecule has 158 valence electrons. The third-order valence-corrected chi connectivity index (χ3v) is 5.42. The summed E-state index contributed by atoms with van der Waals surface area (Å²) in [5.74, 6) is -0.0519. The highest BCUT2D eigenvalue weighted by Crippen LogP contribution is 2.21. The van der Waals surface area contributed by atoms with Crippen molar-refractivity contribution < 1.29 is 9.18 Å². The van der Waals surface area contributed by atoms with Gasteiger partial charge in [0, 0.05) is 31.7 Å². The topological polar surface area (TPSA) is 90.9 Å². The molecule has 0 N–H and O–H groups in total. The van der Waals surface area contributed by atoms with Crippen LogP contribution in [0.15, 0.2) is 48.5 Å². The van der Waals surface area contributed by atoms with E-state index in [2.05, 4.69) is 26.4 Å². The summed E-state index contributed by atoms with van der Waals surface area (Å²) in [5.41, 5.74) is 2.10. The van der Waals surface area contributed by atoms with Gasteiger partial charge in [-0.3, -0.25) is 9.69 Å². The summed E-state index contributed by atoms with van der Waals surface area (Å²) >= 11 is 0. The number of carbonyl (C=O) groups excluding carboxylic acids is 1. The zero-order valence-electron chi connectivity index (χ0n) is 17.1. The largest absolute Gasteiger partial charge is 0.338 e. The Morgan fingerprint density at radius 3 is 2.58 bits per heavy atom. The first-order valence-corrected chi connectivity index (χ1v) is 10.1. The molecular weight excluding hydrogens is 397 g/mol.